The van der Waals surface area contributed by atoms with E-state index in [0.717, 1.165) is 126 Å². The predicted octanol–water partition coefficient (Wildman–Crippen LogP) is 12.9. The molecule has 4 heterocycles. The molecule has 4 saturated heterocycles. The number of hydrogen-bond acceptors (Lipinski definition) is 8. The lowest BCUT2D eigenvalue weighted by Gasteiger charge is -2.20. The second-order valence-electron chi connectivity index (χ2n) is 21.0. The fourth-order valence-corrected chi connectivity index (χ4v) is 10.6. The number of nitrogens with zero attached hydrogens (tertiary/aromatic N) is 8. The van der Waals surface area contributed by atoms with E-state index in [-0.39, 0.29) is 0 Å². The number of rotatable bonds is 24. The molecule has 78 heavy (non-hydrogen) atoms. The molecule has 0 bridgehead atoms. The van der Waals surface area contributed by atoms with Gasteiger partial charge >= 0.3 is 0 Å². The lowest BCUT2D eigenvalue weighted by Crippen LogP contribution is -2.27. The summed E-state index contributed by atoms with van der Waals surface area (Å²) in [4.78, 5) is 28.9. The van der Waals surface area contributed by atoms with E-state index in [0.29, 0.717) is 24.2 Å². The maximum absolute atomic E-state index is 4.86. The van der Waals surface area contributed by atoms with E-state index in [1.165, 1.54) is 73.7 Å². The van der Waals surface area contributed by atoms with Crippen LogP contribution in [0, 0.1) is 47.4 Å². The zero-order valence-corrected chi connectivity index (χ0v) is 49.2. The van der Waals surface area contributed by atoms with Crippen LogP contribution in [0.25, 0.3) is 0 Å². The van der Waals surface area contributed by atoms with Crippen LogP contribution in [0.5, 0.6) is 0 Å². The lowest BCUT2D eigenvalue weighted by atomic mass is 9.98. The largest absolute Gasteiger partial charge is 0.299 e. The molecule has 4 aliphatic heterocycles. The normalized spacial score (nSPS) is 21.6. The van der Waals surface area contributed by atoms with E-state index >= 15 is 0 Å². The van der Waals surface area contributed by atoms with E-state index < -0.39 is 0 Å². The highest BCUT2D eigenvalue weighted by Gasteiger charge is 2.25. The van der Waals surface area contributed by atoms with Crippen LogP contribution in [0.2, 0.25) is 0 Å². The zero-order chi connectivity index (χ0) is 55.4. The highest BCUT2D eigenvalue weighted by molar-refractivity contribution is 5.81. The van der Waals surface area contributed by atoms with Crippen molar-refractivity contribution >= 4 is 24.9 Å². The highest BCUT2D eigenvalue weighted by Crippen LogP contribution is 2.25. The Balaban J connectivity index is 1.32. The molecule has 0 aliphatic carbocycles. The summed E-state index contributed by atoms with van der Waals surface area (Å²) in [6.07, 6.45) is 50.1. The molecule has 414 valence electrons. The van der Waals surface area contributed by atoms with Crippen LogP contribution in [0.4, 0.5) is 0 Å². The third-order valence-electron chi connectivity index (χ3n) is 15.1. The average molecular weight is 1050 g/mol. The molecular weight excluding hydrogens is 953 g/mol. The van der Waals surface area contributed by atoms with Crippen LogP contribution in [-0.2, 0) is 0 Å². The Morgan fingerprint density at radius 2 is 0.744 bits per heavy atom. The third kappa shape index (κ3) is 22.3. The van der Waals surface area contributed by atoms with Gasteiger partial charge < -0.3 is 0 Å². The SMILES string of the molecule is C\C=C/C=C(\C=N\CCCC#Cc1cc(C#CCCC/N=C/C=C\C(=C/C)C2CCCN2C)c(C#CCCC/N=C/C(=C\C=C/C)C2CCCN2C)cc1C#CCCC/N=C/C=C\C(=C/C)C1CCCN1C)C1CCCN1C. The van der Waals surface area contributed by atoms with Gasteiger partial charge in [-0.1, -0.05) is 108 Å². The standard InChI is InChI=1S/C70H94N8/c1-9-13-33-65(69-43-31-53-77(69)7)57-73-47-25-17-21-37-63-55-62(36-20-16-24-46-72-50-28-40-60(12-4)68-42-30-52-76(68)6)64(38-22-18-26-48-74-58-66(34-14-10-2)70-44-32-54-78(70)8)56-61(63)35-19-15-23-45-71-49-27-39-59(11-3)67-41-29-51-75(67)5/h9-14,27-28,33-34,39-40,49-50,55-58,67-70H,15-18,23-26,29-32,41-48,51-54H2,1-8H3/b13-9-,14-10-,39-27-,40-28-,59-11+,60-12+,65-33+,66-34+,71-49+,72-50+,73-57+,74-58+. The molecule has 0 spiro atoms. The molecule has 0 N–H and O–H groups in total. The van der Waals surface area contributed by atoms with Gasteiger partial charge in [0.2, 0.25) is 0 Å². The van der Waals surface area contributed by atoms with E-state index in [4.69, 9.17) is 20.0 Å². The molecule has 1 aromatic carbocycles. The molecule has 8 heteroatoms. The summed E-state index contributed by atoms with van der Waals surface area (Å²) in [6, 6.07) is 6.11. The number of likely N-dealkylation sites (N-methyl/N-ethyl adjacent to an activating group) is 4. The molecule has 0 radical (unpaired) electrons. The summed E-state index contributed by atoms with van der Waals surface area (Å²) in [5.41, 5.74) is 8.85. The molecule has 4 unspecified atom stereocenters. The van der Waals surface area contributed by atoms with Crippen molar-refractivity contribution < 1.29 is 0 Å². The molecule has 5 rings (SSSR count). The fourth-order valence-electron chi connectivity index (χ4n) is 10.6. The first-order valence-electron chi connectivity index (χ1n) is 29.5. The lowest BCUT2D eigenvalue weighted by molar-refractivity contribution is 0.348. The topological polar surface area (TPSA) is 62.4 Å². The van der Waals surface area contributed by atoms with Crippen LogP contribution in [0.3, 0.4) is 0 Å². The van der Waals surface area contributed by atoms with Gasteiger partial charge in [-0.2, -0.15) is 0 Å². The summed E-state index contributed by atoms with van der Waals surface area (Å²) in [5.74, 6) is 28.0. The third-order valence-corrected chi connectivity index (χ3v) is 15.1. The van der Waals surface area contributed by atoms with Crippen molar-refractivity contribution in [2.45, 2.75) is 155 Å². The maximum atomic E-state index is 4.86. The van der Waals surface area contributed by atoms with E-state index in [2.05, 4.69) is 220 Å². The Kier molecular flexibility index (Phi) is 30.3. The van der Waals surface area contributed by atoms with Crippen molar-refractivity contribution in [3.63, 3.8) is 0 Å². The van der Waals surface area contributed by atoms with Crippen LogP contribution >= 0.6 is 0 Å². The summed E-state index contributed by atoms with van der Waals surface area (Å²) in [7, 11) is 8.86. The second kappa shape index (κ2) is 37.7. The van der Waals surface area contributed by atoms with Gasteiger partial charge in [0.05, 0.1) is 0 Å². The molecule has 0 saturated carbocycles. The Morgan fingerprint density at radius 3 is 1.03 bits per heavy atom. The van der Waals surface area contributed by atoms with Crippen LogP contribution in [0.1, 0.15) is 153 Å². The van der Waals surface area contributed by atoms with Gasteiger partial charge in [0.25, 0.3) is 0 Å². The second-order valence-corrected chi connectivity index (χ2v) is 21.0. The van der Waals surface area contributed by atoms with E-state index in [9.17, 15) is 0 Å². The van der Waals surface area contributed by atoms with Crippen molar-refractivity contribution in [1.82, 2.24) is 19.6 Å². The maximum Gasteiger partial charge on any atom is 0.0415 e. The average Bonchev–Trinajstić information content (AvgIpc) is 4.30. The van der Waals surface area contributed by atoms with Gasteiger partial charge in [0.15, 0.2) is 0 Å². The van der Waals surface area contributed by atoms with E-state index in [1.54, 1.807) is 0 Å². The summed E-state index contributed by atoms with van der Waals surface area (Å²) in [6.45, 7) is 15.9. The summed E-state index contributed by atoms with van der Waals surface area (Å²) < 4.78 is 0. The Morgan fingerprint density at radius 1 is 0.436 bits per heavy atom. The number of benzene rings is 1. The van der Waals surface area contributed by atoms with Gasteiger partial charge in [0.1, 0.15) is 0 Å². The Bertz CT molecular complexity index is 2480. The van der Waals surface area contributed by atoms with E-state index in [1.807, 2.05) is 12.4 Å². The quantitative estimate of drug-likeness (QED) is 0.0448. The minimum atomic E-state index is 0.429. The highest BCUT2D eigenvalue weighted by atomic mass is 15.2. The van der Waals surface area contributed by atoms with Crippen molar-refractivity contribution in [3.05, 3.63) is 130 Å². The first-order chi connectivity index (χ1) is 38.3. The molecular formula is C70H94N8. The monoisotopic (exact) mass is 1050 g/mol. The molecule has 4 aliphatic rings. The molecule has 0 aromatic heterocycles. The first kappa shape index (κ1) is 62.7. The predicted molar refractivity (Wildman–Crippen MR) is 339 cm³/mol. The van der Waals surface area contributed by atoms with Crippen molar-refractivity contribution in [2.75, 3.05) is 80.5 Å². The minimum absolute atomic E-state index is 0.429. The Hall–Kier alpha value is -6.10. The number of hydrogen-bond donors (Lipinski definition) is 0. The molecule has 0 amide bonds. The Labute approximate surface area is 474 Å². The van der Waals surface area contributed by atoms with Gasteiger partial charge in [-0.25, -0.2) is 0 Å². The number of unbranched alkanes of at least 4 members (excludes halogenated alkanes) is 4. The fraction of sp³-hybridized carbons (Fsp3) is 0.514. The number of likely N-dealkylation sites (tertiary alicyclic amines) is 4. The van der Waals surface area contributed by atoms with Crippen molar-refractivity contribution in [2.24, 2.45) is 20.0 Å². The summed E-state index contributed by atoms with van der Waals surface area (Å²) >= 11 is 0. The van der Waals surface area contributed by atoms with Gasteiger partial charge in [-0.15, -0.1) is 0 Å². The van der Waals surface area contributed by atoms with Gasteiger partial charge in [0, 0.05) is 123 Å². The van der Waals surface area contributed by atoms with Crippen LogP contribution in [-0.4, -0.2) is 149 Å². The number of allylic oxidation sites excluding steroid dienone is 10. The van der Waals surface area contributed by atoms with Crippen LogP contribution < -0.4 is 0 Å². The zero-order valence-electron chi connectivity index (χ0n) is 49.2. The molecule has 8 nitrogen and oxygen atoms in total. The first-order valence-corrected chi connectivity index (χ1v) is 29.5. The van der Waals surface area contributed by atoms with Crippen molar-refractivity contribution in [3.8, 4) is 47.4 Å². The van der Waals surface area contributed by atoms with Crippen molar-refractivity contribution in [1.29, 1.82) is 0 Å². The van der Waals surface area contributed by atoms with Gasteiger partial charge in [-0.3, -0.25) is 39.6 Å². The van der Waals surface area contributed by atoms with Crippen LogP contribution in [0.15, 0.2) is 127 Å². The minimum Gasteiger partial charge on any atom is -0.299 e. The smallest absolute Gasteiger partial charge is 0.0415 e. The number of aliphatic imine (C=N–C) groups is 4. The van der Waals surface area contributed by atoms with Gasteiger partial charge in [-0.05, 0) is 206 Å². The molecule has 4 fully saturated rings. The molecule has 4 atom stereocenters. The summed E-state index contributed by atoms with van der Waals surface area (Å²) in [5, 5.41) is 0. The molecule has 1 aromatic rings.